The zero-order valence-corrected chi connectivity index (χ0v) is 20.9. The van der Waals surface area contributed by atoms with Gasteiger partial charge in [0.2, 0.25) is 5.91 Å². The van der Waals surface area contributed by atoms with Crippen LogP contribution in [-0.2, 0) is 11.0 Å². The molecule has 9 nitrogen and oxygen atoms in total. The lowest BCUT2D eigenvalue weighted by Gasteiger charge is -2.18. The molecule has 3 aromatic rings. The molecule has 1 unspecified atom stereocenters. The third kappa shape index (κ3) is 5.61. The third-order valence-electron chi connectivity index (χ3n) is 6.80. The van der Waals surface area contributed by atoms with Crippen LogP contribution in [0.5, 0.6) is 5.75 Å². The van der Waals surface area contributed by atoms with E-state index in [1.165, 1.54) is 0 Å². The predicted octanol–water partition coefficient (Wildman–Crippen LogP) is 3.87. The number of fused-ring (bicyclic) bond motifs is 1. The molecule has 1 aromatic carbocycles. The monoisotopic (exact) mass is 610 g/mol. The van der Waals surface area contributed by atoms with Crippen LogP contribution in [0.2, 0.25) is 0 Å². The first-order valence-corrected chi connectivity index (χ1v) is 12.1. The molecule has 226 valence electrons. The van der Waals surface area contributed by atoms with E-state index in [0.717, 1.165) is 33.9 Å². The van der Waals surface area contributed by atoms with Gasteiger partial charge >= 0.3 is 12.4 Å². The highest BCUT2D eigenvalue weighted by molar-refractivity contribution is 5.98. The summed E-state index contributed by atoms with van der Waals surface area (Å²) in [6, 6.07) is 2.12. The number of halogens is 9. The largest absolute Gasteiger partial charge is 0.483 e. The molecule has 2 aliphatic rings. The van der Waals surface area contributed by atoms with Crippen molar-refractivity contribution in [2.45, 2.75) is 36.9 Å². The molecule has 1 saturated heterocycles. The lowest BCUT2D eigenvalue weighted by molar-refractivity contribution is -0.153. The summed E-state index contributed by atoms with van der Waals surface area (Å²) < 4.78 is 127. The first kappa shape index (κ1) is 29.2. The summed E-state index contributed by atoms with van der Waals surface area (Å²) in [5.74, 6) is -8.17. The number of nitrogens with two attached hydrogens (primary N) is 1. The van der Waals surface area contributed by atoms with Crippen LogP contribution < -0.4 is 15.8 Å². The number of likely N-dealkylation sites (tertiary alicyclic amines) is 1. The Labute approximate surface area is 229 Å². The predicted molar refractivity (Wildman–Crippen MR) is 125 cm³/mol. The van der Waals surface area contributed by atoms with E-state index < -0.39 is 103 Å². The number of nitrogen functional groups attached to an aromatic ring is 1. The first-order chi connectivity index (χ1) is 19.5. The number of hydrogen-bond donors (Lipinski definition) is 2. The molecule has 2 fully saturated rings. The Morgan fingerprint density at radius 1 is 1.12 bits per heavy atom. The number of amides is 2. The van der Waals surface area contributed by atoms with Crippen LogP contribution in [0.1, 0.15) is 22.3 Å². The van der Waals surface area contributed by atoms with E-state index in [1.54, 1.807) is 0 Å². The summed E-state index contributed by atoms with van der Waals surface area (Å²) in [6.45, 7) is -2.94. The second-order valence-corrected chi connectivity index (χ2v) is 9.82. The van der Waals surface area contributed by atoms with Crippen molar-refractivity contribution in [3.63, 3.8) is 0 Å². The standard InChI is InChI=1S/C24H19F9N6O3/c25-14-6-38(21(41)13-5-22(13,26)27)7-15(14)37-20(40)11-3-10(1-2-17(11)42-8-23(28,29)30)16-4-12(24(31,32)33)18-19(34)35-9-36-39(16)18/h1-4,9,13-15H,5-8H2,(H,37,40)(H2,34,35,36)/t13?,14-,15+/m0/s1. The Kier molecular flexibility index (Phi) is 6.92. The lowest BCUT2D eigenvalue weighted by Crippen LogP contribution is -2.42. The molecule has 5 rings (SSSR count). The maximum Gasteiger partial charge on any atom is 0.422 e. The van der Waals surface area contributed by atoms with Gasteiger partial charge in [0.1, 0.15) is 29.7 Å². The van der Waals surface area contributed by atoms with E-state index in [1.807, 2.05) is 0 Å². The summed E-state index contributed by atoms with van der Waals surface area (Å²) in [7, 11) is 0. The number of alkyl halides is 9. The van der Waals surface area contributed by atoms with Gasteiger partial charge in [-0.2, -0.15) is 31.4 Å². The van der Waals surface area contributed by atoms with Crippen LogP contribution in [0.3, 0.4) is 0 Å². The molecule has 1 saturated carbocycles. The number of hydrogen-bond acceptors (Lipinski definition) is 6. The molecule has 3 N–H and O–H groups in total. The highest BCUT2D eigenvalue weighted by atomic mass is 19.4. The number of benzene rings is 1. The van der Waals surface area contributed by atoms with Crippen molar-refractivity contribution in [3.8, 4) is 17.0 Å². The number of nitrogens with one attached hydrogen (secondary N) is 1. The summed E-state index contributed by atoms with van der Waals surface area (Å²) in [5, 5.41) is 5.98. The molecular weight excluding hydrogens is 591 g/mol. The SMILES string of the molecule is Nc1ncnn2c(-c3ccc(OCC(F)(F)F)c(C(=O)N[C@@H]4CN(C(=O)C5CC5(F)F)C[C@@H]4F)c3)cc(C(F)(F)F)c12. The van der Waals surface area contributed by atoms with Gasteiger partial charge in [-0.05, 0) is 24.3 Å². The van der Waals surface area contributed by atoms with Crippen molar-refractivity contribution in [1.82, 2.24) is 24.8 Å². The number of rotatable bonds is 6. The fourth-order valence-corrected chi connectivity index (χ4v) is 4.67. The van der Waals surface area contributed by atoms with Crippen molar-refractivity contribution in [2.24, 2.45) is 5.92 Å². The summed E-state index contributed by atoms with van der Waals surface area (Å²) in [6.07, 6.45) is -11.5. The smallest absolute Gasteiger partial charge is 0.422 e. The molecule has 42 heavy (non-hydrogen) atoms. The Hall–Kier alpha value is -4.25. The topological polar surface area (TPSA) is 115 Å². The number of anilines is 1. The Morgan fingerprint density at radius 3 is 2.43 bits per heavy atom. The minimum Gasteiger partial charge on any atom is -0.483 e. The van der Waals surface area contributed by atoms with Gasteiger partial charge in [-0.25, -0.2) is 22.7 Å². The zero-order chi connectivity index (χ0) is 30.8. The molecular formula is C24H19F9N6O3. The van der Waals surface area contributed by atoms with Crippen molar-refractivity contribution in [2.75, 3.05) is 25.4 Å². The number of carbonyl (C=O) groups excluding carboxylic acids is 2. The molecule has 1 aliphatic carbocycles. The lowest BCUT2D eigenvalue weighted by atomic mass is 10.1. The fraction of sp³-hybridized carbons (Fsp3) is 0.417. The highest BCUT2D eigenvalue weighted by Gasteiger charge is 2.63. The van der Waals surface area contributed by atoms with Crippen LogP contribution in [0.4, 0.5) is 45.3 Å². The van der Waals surface area contributed by atoms with E-state index in [0.29, 0.717) is 6.07 Å². The van der Waals surface area contributed by atoms with Gasteiger partial charge in [0, 0.05) is 18.5 Å². The Morgan fingerprint density at radius 2 is 1.81 bits per heavy atom. The van der Waals surface area contributed by atoms with Crippen molar-refractivity contribution < 1.29 is 53.8 Å². The molecule has 0 bridgehead atoms. The maximum absolute atomic E-state index is 14.7. The average Bonchev–Trinajstić information content (AvgIpc) is 3.19. The van der Waals surface area contributed by atoms with E-state index >= 15 is 0 Å². The molecule has 2 amide bonds. The number of aromatic nitrogens is 3. The van der Waals surface area contributed by atoms with E-state index in [4.69, 9.17) is 10.5 Å². The molecule has 18 heteroatoms. The Bertz CT molecular complexity index is 1550. The van der Waals surface area contributed by atoms with E-state index in [9.17, 15) is 49.1 Å². The molecule has 3 atom stereocenters. The Balaban J connectivity index is 1.48. The second kappa shape index (κ2) is 9.94. The van der Waals surface area contributed by atoms with Crippen LogP contribution in [0.15, 0.2) is 30.6 Å². The van der Waals surface area contributed by atoms with Gasteiger partial charge in [0.15, 0.2) is 12.4 Å². The highest BCUT2D eigenvalue weighted by Crippen LogP contribution is 2.50. The number of ether oxygens (including phenoxy) is 1. The fourth-order valence-electron chi connectivity index (χ4n) is 4.67. The molecule has 0 spiro atoms. The quantitative estimate of drug-likeness (QED) is 0.410. The van der Waals surface area contributed by atoms with Gasteiger partial charge in [-0.15, -0.1) is 0 Å². The number of nitrogens with zero attached hydrogens (tertiary/aromatic N) is 4. The molecule has 0 radical (unpaired) electrons. The maximum atomic E-state index is 14.7. The van der Waals surface area contributed by atoms with E-state index in [2.05, 4.69) is 15.4 Å². The van der Waals surface area contributed by atoms with Gasteiger partial charge in [-0.1, -0.05) is 0 Å². The van der Waals surface area contributed by atoms with Gasteiger partial charge in [0.25, 0.3) is 11.8 Å². The van der Waals surface area contributed by atoms with Crippen LogP contribution in [-0.4, -0.2) is 75.3 Å². The second-order valence-electron chi connectivity index (χ2n) is 9.82. The first-order valence-electron chi connectivity index (χ1n) is 12.1. The van der Waals surface area contributed by atoms with E-state index in [-0.39, 0.29) is 11.3 Å². The summed E-state index contributed by atoms with van der Waals surface area (Å²) in [5.41, 5.74) is 2.77. The average molecular weight is 610 g/mol. The van der Waals surface area contributed by atoms with Crippen LogP contribution in [0, 0.1) is 5.92 Å². The third-order valence-corrected chi connectivity index (χ3v) is 6.80. The number of carbonyl (C=O) groups is 2. The molecule has 2 aromatic heterocycles. The van der Waals surface area contributed by atoms with Crippen LogP contribution >= 0.6 is 0 Å². The zero-order valence-electron chi connectivity index (χ0n) is 20.9. The minimum atomic E-state index is -4.91. The minimum absolute atomic E-state index is 0.140. The van der Waals surface area contributed by atoms with Crippen molar-refractivity contribution in [1.29, 1.82) is 0 Å². The van der Waals surface area contributed by atoms with Gasteiger partial charge < -0.3 is 20.7 Å². The molecule has 3 heterocycles. The van der Waals surface area contributed by atoms with Gasteiger partial charge in [-0.3, -0.25) is 9.59 Å². The molecule has 1 aliphatic heterocycles. The van der Waals surface area contributed by atoms with Gasteiger partial charge in [0.05, 0.1) is 29.4 Å². The van der Waals surface area contributed by atoms with Crippen molar-refractivity contribution >= 4 is 23.1 Å². The summed E-state index contributed by atoms with van der Waals surface area (Å²) >= 11 is 0. The van der Waals surface area contributed by atoms with Crippen LogP contribution in [0.25, 0.3) is 16.8 Å². The summed E-state index contributed by atoms with van der Waals surface area (Å²) in [4.78, 5) is 29.8. The normalized spacial score (nSPS) is 21.9. The van der Waals surface area contributed by atoms with Crippen molar-refractivity contribution in [3.05, 3.63) is 41.7 Å².